The first-order valence-corrected chi connectivity index (χ1v) is 11.0. The number of carbonyl (C=O) groups excluding carboxylic acids is 2. The van der Waals surface area contributed by atoms with E-state index in [9.17, 15) is 29.3 Å². The molecular weight excluding hydrogens is 397 g/mol. The molecule has 0 aromatic heterocycles. The Morgan fingerprint density at radius 2 is 1.59 bits per heavy atom. The van der Waals surface area contributed by atoms with Crippen molar-refractivity contribution in [2.75, 3.05) is 13.2 Å². The van der Waals surface area contributed by atoms with Gasteiger partial charge in [0.1, 0.15) is 29.4 Å². The number of likely N-dealkylation sites (tertiary alicyclic amines) is 1. The molecule has 0 aliphatic carbocycles. The highest BCUT2D eigenvalue weighted by Crippen LogP contribution is 2.55. The van der Waals surface area contributed by atoms with Gasteiger partial charge in [-0.15, -0.1) is 0 Å². The second kappa shape index (κ2) is 7.87. The van der Waals surface area contributed by atoms with Crippen molar-refractivity contribution >= 4 is 19.2 Å². The average Bonchev–Trinajstić information content (AvgIpc) is 2.67. The van der Waals surface area contributed by atoms with Crippen molar-refractivity contribution in [1.29, 1.82) is 0 Å². The van der Waals surface area contributed by atoms with Crippen LogP contribution in [-0.2, 0) is 14.2 Å². The minimum Gasteiger partial charge on any atom is -0.508 e. The van der Waals surface area contributed by atoms with Crippen LogP contribution in [0.1, 0.15) is 23.0 Å². The summed E-state index contributed by atoms with van der Waals surface area (Å²) in [6, 6.07) is 9.65. The molecule has 9 nitrogen and oxygen atoms in total. The van der Waals surface area contributed by atoms with Crippen LogP contribution in [0.2, 0.25) is 0 Å². The topological polar surface area (TPSA) is 153 Å². The van der Waals surface area contributed by atoms with Crippen molar-refractivity contribution in [2.24, 2.45) is 5.73 Å². The fourth-order valence-corrected chi connectivity index (χ4v) is 4.69. The molecule has 1 unspecified atom stereocenters. The van der Waals surface area contributed by atoms with Gasteiger partial charge in [0.2, 0.25) is 19.2 Å². The lowest BCUT2D eigenvalue weighted by Gasteiger charge is -2.44. The van der Waals surface area contributed by atoms with Crippen molar-refractivity contribution in [2.45, 2.75) is 17.9 Å². The van der Waals surface area contributed by atoms with E-state index in [1.807, 2.05) is 0 Å². The minimum atomic E-state index is -3.74. The standard InChI is InChI=1S/C19H22N3O6P/c1-29(27,28)19(12-4-8-14(24)9-5-12)22-10-15(18(22)26)21-17(25)16(20)11-2-6-13(23)7-3-11/h2-9,15-16,19,23-24H,10,20H2,1H3,(H,21,25)(H,27,28)/t15-,16+,19-/m0/s1. The molecule has 1 aliphatic heterocycles. The van der Waals surface area contributed by atoms with Gasteiger partial charge in [-0.2, -0.15) is 0 Å². The summed E-state index contributed by atoms with van der Waals surface area (Å²) in [4.78, 5) is 36.3. The van der Waals surface area contributed by atoms with Crippen molar-refractivity contribution in [3.63, 3.8) is 0 Å². The number of hydrogen-bond donors (Lipinski definition) is 5. The first-order chi connectivity index (χ1) is 13.6. The zero-order chi connectivity index (χ0) is 21.3. The molecule has 2 aromatic rings. The molecule has 2 amide bonds. The lowest BCUT2D eigenvalue weighted by molar-refractivity contribution is -0.148. The molecule has 0 bridgehead atoms. The maximum Gasteiger partial charge on any atom is 0.248 e. The summed E-state index contributed by atoms with van der Waals surface area (Å²) in [7, 11) is -3.74. The largest absolute Gasteiger partial charge is 0.508 e. The zero-order valence-electron chi connectivity index (χ0n) is 15.6. The van der Waals surface area contributed by atoms with Crippen LogP contribution in [0.3, 0.4) is 0 Å². The van der Waals surface area contributed by atoms with Gasteiger partial charge in [0, 0.05) is 6.66 Å². The molecule has 4 atom stereocenters. The molecular formula is C19H22N3O6P. The predicted molar refractivity (Wildman–Crippen MR) is 105 cm³/mol. The Balaban J connectivity index is 1.69. The Morgan fingerprint density at radius 3 is 2.03 bits per heavy atom. The molecule has 0 saturated carbocycles. The summed E-state index contributed by atoms with van der Waals surface area (Å²) in [6.45, 7) is 1.21. The number of hydrogen-bond acceptors (Lipinski definition) is 6. The number of nitrogens with two attached hydrogens (primary N) is 1. The lowest BCUT2D eigenvalue weighted by atomic mass is 10.0. The number of carbonyl (C=O) groups is 2. The maximum atomic E-state index is 12.6. The van der Waals surface area contributed by atoms with Crippen LogP contribution in [0.5, 0.6) is 11.5 Å². The summed E-state index contributed by atoms with van der Waals surface area (Å²) in [6.07, 6.45) is 0. The van der Waals surface area contributed by atoms with Crippen LogP contribution in [0, 0.1) is 0 Å². The van der Waals surface area contributed by atoms with Crippen molar-refractivity contribution in [3.8, 4) is 11.5 Å². The molecule has 154 valence electrons. The first kappa shape index (κ1) is 20.9. The van der Waals surface area contributed by atoms with Gasteiger partial charge >= 0.3 is 0 Å². The first-order valence-electron chi connectivity index (χ1n) is 8.82. The molecule has 0 radical (unpaired) electrons. The van der Waals surface area contributed by atoms with E-state index in [1.54, 1.807) is 0 Å². The smallest absolute Gasteiger partial charge is 0.248 e. The molecule has 2 aromatic carbocycles. The molecule has 29 heavy (non-hydrogen) atoms. The average molecular weight is 419 g/mol. The summed E-state index contributed by atoms with van der Waals surface area (Å²) in [5.41, 5.74) is 6.79. The summed E-state index contributed by atoms with van der Waals surface area (Å²) in [5, 5.41) is 21.3. The third kappa shape index (κ3) is 4.42. The summed E-state index contributed by atoms with van der Waals surface area (Å²) < 4.78 is 12.4. The second-order valence-electron chi connectivity index (χ2n) is 7.03. The van der Waals surface area contributed by atoms with E-state index in [4.69, 9.17) is 5.73 Å². The predicted octanol–water partition coefficient (Wildman–Crippen LogP) is 1.02. The molecule has 0 spiro atoms. The minimum absolute atomic E-state index is 0.000306. The summed E-state index contributed by atoms with van der Waals surface area (Å²) in [5.74, 6) is -2.10. The Morgan fingerprint density at radius 1 is 1.10 bits per heavy atom. The molecule has 6 N–H and O–H groups in total. The van der Waals surface area contributed by atoms with Gasteiger partial charge in [0.25, 0.3) is 0 Å². The van der Waals surface area contributed by atoms with E-state index in [0.717, 1.165) is 6.66 Å². The number of aromatic hydroxyl groups is 2. The molecule has 10 heteroatoms. The number of nitrogens with one attached hydrogen (secondary N) is 1. The molecule has 1 heterocycles. The Kier molecular flexibility index (Phi) is 5.66. The Hall–Kier alpha value is -2.87. The van der Waals surface area contributed by atoms with Crippen LogP contribution in [0.4, 0.5) is 0 Å². The second-order valence-corrected chi connectivity index (χ2v) is 9.41. The number of amides is 2. The quantitative estimate of drug-likeness (QED) is 0.346. The van der Waals surface area contributed by atoms with E-state index in [-0.39, 0.29) is 18.0 Å². The van der Waals surface area contributed by atoms with Crippen LogP contribution in [0.25, 0.3) is 0 Å². The monoisotopic (exact) mass is 419 g/mol. The van der Waals surface area contributed by atoms with E-state index in [1.165, 1.54) is 53.4 Å². The van der Waals surface area contributed by atoms with Crippen LogP contribution < -0.4 is 11.1 Å². The number of benzene rings is 2. The molecule has 1 fully saturated rings. The molecule has 3 rings (SSSR count). The van der Waals surface area contributed by atoms with E-state index < -0.39 is 37.0 Å². The number of β-lactam (4-membered cyclic amide) rings is 1. The number of phenols is 2. The Labute approximate surface area is 167 Å². The molecule has 1 aliphatic rings. The Bertz CT molecular complexity index is 957. The van der Waals surface area contributed by atoms with Crippen LogP contribution in [-0.4, -0.2) is 51.1 Å². The van der Waals surface area contributed by atoms with Gasteiger partial charge < -0.3 is 31.1 Å². The van der Waals surface area contributed by atoms with E-state index in [2.05, 4.69) is 5.32 Å². The third-order valence-electron chi connectivity index (χ3n) is 4.75. The highest BCUT2D eigenvalue weighted by atomic mass is 31.2. The van der Waals surface area contributed by atoms with Crippen LogP contribution >= 0.6 is 7.37 Å². The van der Waals surface area contributed by atoms with Crippen molar-refractivity contribution in [3.05, 3.63) is 59.7 Å². The third-order valence-corrected chi connectivity index (χ3v) is 6.24. The summed E-state index contributed by atoms with van der Waals surface area (Å²) >= 11 is 0. The zero-order valence-corrected chi connectivity index (χ0v) is 16.5. The van der Waals surface area contributed by atoms with Gasteiger partial charge in [0.05, 0.1) is 6.54 Å². The van der Waals surface area contributed by atoms with Gasteiger partial charge in [0.15, 0.2) is 0 Å². The molecule has 1 saturated heterocycles. The van der Waals surface area contributed by atoms with E-state index in [0.29, 0.717) is 11.1 Å². The van der Waals surface area contributed by atoms with Crippen molar-refractivity contribution in [1.82, 2.24) is 10.2 Å². The van der Waals surface area contributed by atoms with Gasteiger partial charge in [-0.25, -0.2) is 0 Å². The lowest BCUT2D eigenvalue weighted by Crippen LogP contribution is -2.65. The SMILES string of the molecule is CP(=O)(O)[C@@H](c1ccc(O)cc1)N1C[C@H](NC(=O)[C@H](N)c2ccc(O)cc2)C1=O. The number of rotatable bonds is 6. The van der Waals surface area contributed by atoms with Crippen molar-refractivity contribution < 1.29 is 29.3 Å². The van der Waals surface area contributed by atoms with Gasteiger partial charge in [-0.05, 0) is 35.4 Å². The highest BCUT2D eigenvalue weighted by molar-refractivity contribution is 7.57. The van der Waals surface area contributed by atoms with Crippen LogP contribution in [0.15, 0.2) is 48.5 Å². The normalized spacial score (nSPS) is 20.3. The number of phenolic OH excluding ortho intramolecular Hbond substituents is 2. The van der Waals surface area contributed by atoms with E-state index >= 15 is 0 Å². The fourth-order valence-electron chi connectivity index (χ4n) is 3.24. The van der Waals surface area contributed by atoms with Gasteiger partial charge in [-0.1, -0.05) is 24.3 Å². The fraction of sp³-hybridized carbons (Fsp3) is 0.263. The maximum absolute atomic E-state index is 12.6. The number of nitrogens with zero attached hydrogens (tertiary/aromatic N) is 1. The highest BCUT2D eigenvalue weighted by Gasteiger charge is 2.47. The van der Waals surface area contributed by atoms with Gasteiger partial charge in [-0.3, -0.25) is 14.2 Å².